The highest BCUT2D eigenvalue weighted by Gasteiger charge is 2.14. The van der Waals surface area contributed by atoms with Gasteiger partial charge >= 0.3 is 0 Å². The molecule has 0 aliphatic heterocycles. The van der Waals surface area contributed by atoms with Crippen LogP contribution in [0.2, 0.25) is 0 Å². The average Bonchev–Trinajstić information content (AvgIpc) is 2.82. The van der Waals surface area contributed by atoms with E-state index < -0.39 is 0 Å². The topological polar surface area (TPSA) is 17.8 Å². The maximum absolute atomic E-state index is 13.5. The standard InChI is InChI=1S/C17H16ClFN2/c1-11-4-3-5-15-17(11)21(16(20-15)8-9-18)13-6-7-14(19)12(2)10-13/h3-7,10H,8-9H2,1-2H3. The monoisotopic (exact) mass is 302 g/mol. The normalized spacial score (nSPS) is 11.2. The lowest BCUT2D eigenvalue weighted by molar-refractivity contribution is 0.618. The van der Waals surface area contributed by atoms with Crippen LogP contribution in [-0.2, 0) is 6.42 Å². The largest absolute Gasteiger partial charge is 0.296 e. The van der Waals surface area contributed by atoms with Crippen molar-refractivity contribution in [3.8, 4) is 5.69 Å². The van der Waals surface area contributed by atoms with E-state index in [2.05, 4.69) is 22.5 Å². The van der Waals surface area contributed by atoms with Gasteiger partial charge in [0.1, 0.15) is 11.6 Å². The van der Waals surface area contributed by atoms with Gasteiger partial charge in [0.15, 0.2) is 0 Å². The van der Waals surface area contributed by atoms with Crippen LogP contribution < -0.4 is 0 Å². The Kier molecular flexibility index (Phi) is 3.68. The first-order chi connectivity index (χ1) is 10.1. The third-order valence-corrected chi connectivity index (χ3v) is 3.85. The van der Waals surface area contributed by atoms with Crippen LogP contribution in [0, 0.1) is 19.7 Å². The molecule has 1 aromatic heterocycles. The number of alkyl halides is 1. The van der Waals surface area contributed by atoms with Crippen molar-refractivity contribution >= 4 is 22.6 Å². The number of nitrogens with zero attached hydrogens (tertiary/aromatic N) is 2. The molecule has 0 saturated heterocycles. The van der Waals surface area contributed by atoms with Crippen LogP contribution in [0.15, 0.2) is 36.4 Å². The summed E-state index contributed by atoms with van der Waals surface area (Å²) in [7, 11) is 0. The summed E-state index contributed by atoms with van der Waals surface area (Å²) in [4.78, 5) is 4.68. The maximum atomic E-state index is 13.5. The summed E-state index contributed by atoms with van der Waals surface area (Å²) in [6, 6.07) is 11.2. The molecule has 3 rings (SSSR count). The SMILES string of the molecule is Cc1cc(-n2c(CCCl)nc3cccc(C)c32)ccc1F. The molecule has 2 aromatic carbocycles. The fourth-order valence-corrected chi connectivity index (χ4v) is 2.81. The van der Waals surface area contributed by atoms with E-state index in [4.69, 9.17) is 11.6 Å². The summed E-state index contributed by atoms with van der Waals surface area (Å²) >= 11 is 5.91. The van der Waals surface area contributed by atoms with Gasteiger partial charge in [-0.2, -0.15) is 0 Å². The van der Waals surface area contributed by atoms with Gasteiger partial charge in [-0.15, -0.1) is 11.6 Å². The second-order valence-electron chi connectivity index (χ2n) is 5.18. The molecule has 0 amide bonds. The summed E-state index contributed by atoms with van der Waals surface area (Å²) < 4.78 is 15.6. The molecule has 0 aliphatic rings. The zero-order valence-corrected chi connectivity index (χ0v) is 12.8. The highest BCUT2D eigenvalue weighted by molar-refractivity contribution is 6.17. The molecule has 4 heteroatoms. The molecule has 0 atom stereocenters. The Bertz CT molecular complexity index is 808. The number of rotatable bonds is 3. The number of fused-ring (bicyclic) bond motifs is 1. The van der Waals surface area contributed by atoms with Crippen LogP contribution in [0.5, 0.6) is 0 Å². The van der Waals surface area contributed by atoms with Crippen molar-refractivity contribution in [1.82, 2.24) is 9.55 Å². The highest BCUT2D eigenvalue weighted by Crippen LogP contribution is 2.26. The van der Waals surface area contributed by atoms with Gasteiger partial charge in [-0.25, -0.2) is 9.37 Å². The second-order valence-corrected chi connectivity index (χ2v) is 5.56. The molecular weight excluding hydrogens is 287 g/mol. The molecule has 108 valence electrons. The molecule has 0 aliphatic carbocycles. The lowest BCUT2D eigenvalue weighted by Crippen LogP contribution is -2.03. The van der Waals surface area contributed by atoms with E-state index in [0.717, 1.165) is 28.1 Å². The molecule has 0 N–H and O–H groups in total. The molecule has 0 bridgehead atoms. The zero-order chi connectivity index (χ0) is 15.0. The van der Waals surface area contributed by atoms with Crippen LogP contribution in [0.4, 0.5) is 4.39 Å². The summed E-state index contributed by atoms with van der Waals surface area (Å²) in [6.45, 7) is 3.83. The first-order valence-corrected chi connectivity index (χ1v) is 7.44. The predicted molar refractivity (Wildman–Crippen MR) is 84.9 cm³/mol. The van der Waals surface area contributed by atoms with E-state index in [1.165, 1.54) is 6.07 Å². The quantitative estimate of drug-likeness (QED) is 0.648. The number of aryl methyl sites for hydroxylation is 3. The van der Waals surface area contributed by atoms with E-state index in [9.17, 15) is 4.39 Å². The Balaban J connectivity index is 2.32. The summed E-state index contributed by atoms with van der Waals surface area (Å²) in [6.07, 6.45) is 0.673. The van der Waals surface area contributed by atoms with E-state index >= 15 is 0 Å². The van der Waals surface area contributed by atoms with Gasteiger partial charge in [-0.05, 0) is 49.2 Å². The van der Waals surface area contributed by atoms with Crippen LogP contribution in [0.25, 0.3) is 16.7 Å². The van der Waals surface area contributed by atoms with Crippen molar-refractivity contribution in [1.29, 1.82) is 0 Å². The zero-order valence-electron chi connectivity index (χ0n) is 12.0. The first-order valence-electron chi connectivity index (χ1n) is 6.91. The molecule has 3 aromatic rings. The fraction of sp³-hybridized carbons (Fsp3) is 0.235. The summed E-state index contributed by atoms with van der Waals surface area (Å²) in [5.74, 6) is 1.21. The van der Waals surface area contributed by atoms with E-state index in [0.29, 0.717) is 17.9 Å². The first kappa shape index (κ1) is 14.1. The van der Waals surface area contributed by atoms with Gasteiger partial charge in [0, 0.05) is 18.0 Å². The fourth-order valence-electron chi connectivity index (χ4n) is 2.64. The third-order valence-electron chi connectivity index (χ3n) is 3.67. The molecule has 21 heavy (non-hydrogen) atoms. The third kappa shape index (κ3) is 2.42. The second kappa shape index (κ2) is 5.49. The lowest BCUT2D eigenvalue weighted by atomic mass is 10.1. The Morgan fingerprint density at radius 1 is 1.14 bits per heavy atom. The Labute approximate surface area is 128 Å². The Hall–Kier alpha value is -1.87. The number of imidazole rings is 1. The van der Waals surface area contributed by atoms with Gasteiger partial charge < -0.3 is 0 Å². The maximum Gasteiger partial charge on any atom is 0.126 e. The minimum atomic E-state index is -0.196. The van der Waals surface area contributed by atoms with Crippen LogP contribution >= 0.6 is 11.6 Å². The molecular formula is C17H16ClFN2. The van der Waals surface area contributed by atoms with Crippen molar-refractivity contribution in [2.24, 2.45) is 0 Å². The molecule has 0 unspecified atom stereocenters. The Morgan fingerprint density at radius 2 is 1.95 bits per heavy atom. The van der Waals surface area contributed by atoms with Gasteiger partial charge in [0.05, 0.1) is 11.0 Å². The van der Waals surface area contributed by atoms with E-state index in [-0.39, 0.29) is 5.82 Å². The highest BCUT2D eigenvalue weighted by atomic mass is 35.5. The van der Waals surface area contributed by atoms with Crippen molar-refractivity contribution < 1.29 is 4.39 Å². The average molecular weight is 303 g/mol. The van der Waals surface area contributed by atoms with Gasteiger partial charge in [0.25, 0.3) is 0 Å². The molecule has 2 nitrogen and oxygen atoms in total. The summed E-state index contributed by atoms with van der Waals surface area (Å²) in [5.41, 5.74) is 4.69. The molecule has 0 saturated carbocycles. The molecule has 0 radical (unpaired) electrons. The van der Waals surface area contributed by atoms with E-state index in [1.807, 2.05) is 18.2 Å². The minimum Gasteiger partial charge on any atom is -0.296 e. The van der Waals surface area contributed by atoms with Crippen LogP contribution in [0.1, 0.15) is 17.0 Å². The lowest BCUT2D eigenvalue weighted by Gasteiger charge is -2.11. The molecule has 0 fully saturated rings. The predicted octanol–water partition coefficient (Wildman–Crippen LogP) is 4.56. The minimum absolute atomic E-state index is 0.196. The van der Waals surface area contributed by atoms with E-state index in [1.54, 1.807) is 13.0 Å². The molecule has 0 spiro atoms. The van der Waals surface area contributed by atoms with Crippen molar-refractivity contribution in [2.45, 2.75) is 20.3 Å². The van der Waals surface area contributed by atoms with Crippen LogP contribution in [0.3, 0.4) is 0 Å². The number of halogens is 2. The van der Waals surface area contributed by atoms with Gasteiger partial charge in [0.2, 0.25) is 0 Å². The van der Waals surface area contributed by atoms with Crippen molar-refractivity contribution in [3.63, 3.8) is 0 Å². The van der Waals surface area contributed by atoms with Gasteiger partial charge in [-0.1, -0.05) is 12.1 Å². The van der Waals surface area contributed by atoms with Gasteiger partial charge in [-0.3, -0.25) is 4.57 Å². The smallest absolute Gasteiger partial charge is 0.126 e. The Morgan fingerprint density at radius 3 is 2.67 bits per heavy atom. The number of aromatic nitrogens is 2. The van der Waals surface area contributed by atoms with Crippen molar-refractivity contribution in [2.75, 3.05) is 5.88 Å². The molecule has 1 heterocycles. The number of benzene rings is 2. The van der Waals surface area contributed by atoms with Crippen LogP contribution in [-0.4, -0.2) is 15.4 Å². The van der Waals surface area contributed by atoms with Crippen molar-refractivity contribution in [3.05, 3.63) is 59.2 Å². The number of hydrogen-bond acceptors (Lipinski definition) is 1. The number of para-hydroxylation sites is 1. The number of hydrogen-bond donors (Lipinski definition) is 0. The summed E-state index contributed by atoms with van der Waals surface area (Å²) in [5, 5.41) is 0.